The summed E-state index contributed by atoms with van der Waals surface area (Å²) in [5.41, 5.74) is 5.92. The maximum absolute atomic E-state index is 2.24. The molecular formula is C14H13Zr. The normalized spacial score (nSPS) is 11.4. The Kier molecular flexibility index (Phi) is 2.93. The zero-order valence-corrected chi connectivity index (χ0v) is 10.2. The number of hydrogen-bond acceptors (Lipinski definition) is 0. The number of fused-ring (bicyclic) bond motifs is 3. The van der Waals surface area contributed by atoms with Gasteiger partial charge in [0.15, 0.2) is 0 Å². The van der Waals surface area contributed by atoms with Crippen molar-refractivity contribution in [3.63, 3.8) is 0 Å². The Balaban J connectivity index is 0.000000853. The van der Waals surface area contributed by atoms with Gasteiger partial charge in [0.2, 0.25) is 0 Å². The molecule has 1 aliphatic carbocycles. The van der Waals surface area contributed by atoms with E-state index in [1.807, 2.05) is 0 Å². The van der Waals surface area contributed by atoms with Gasteiger partial charge >= 0.3 is 99.1 Å². The van der Waals surface area contributed by atoms with E-state index in [1.54, 1.807) is 5.56 Å². The van der Waals surface area contributed by atoms with Crippen LogP contribution in [0, 0.1) is 0 Å². The Labute approximate surface area is 106 Å². The van der Waals surface area contributed by atoms with E-state index < -0.39 is 0 Å². The average molecular weight is 272 g/mol. The molecule has 0 spiro atoms. The third-order valence-corrected chi connectivity index (χ3v) is 4.00. The summed E-state index contributed by atoms with van der Waals surface area (Å²) in [6, 6.07) is 15.4. The van der Waals surface area contributed by atoms with Crippen molar-refractivity contribution in [2.45, 2.75) is 13.8 Å². The molecule has 0 heterocycles. The van der Waals surface area contributed by atoms with Gasteiger partial charge < -0.3 is 0 Å². The van der Waals surface area contributed by atoms with Gasteiger partial charge in [-0.15, -0.1) is 0 Å². The summed E-state index contributed by atoms with van der Waals surface area (Å²) in [4.78, 5) is 0. The Morgan fingerprint density at radius 3 is 2.47 bits per heavy atom. The molecule has 0 aromatic heterocycles. The second kappa shape index (κ2) is 4.06. The van der Waals surface area contributed by atoms with E-state index in [0.717, 1.165) is 6.42 Å². The van der Waals surface area contributed by atoms with Gasteiger partial charge in [-0.1, -0.05) is 7.43 Å². The van der Waals surface area contributed by atoms with Gasteiger partial charge in [-0.05, 0) is 0 Å². The first-order chi connectivity index (χ1) is 6.86. The summed E-state index contributed by atoms with van der Waals surface area (Å²) in [7, 11) is 0. The Morgan fingerprint density at radius 2 is 1.60 bits per heavy atom. The van der Waals surface area contributed by atoms with Crippen LogP contribution < -0.4 is 3.27 Å². The van der Waals surface area contributed by atoms with Crippen molar-refractivity contribution in [1.82, 2.24) is 0 Å². The van der Waals surface area contributed by atoms with Crippen LogP contribution in [-0.2, 0) is 31.1 Å². The van der Waals surface area contributed by atoms with E-state index in [4.69, 9.17) is 0 Å². The van der Waals surface area contributed by atoms with Crippen LogP contribution in [0.15, 0.2) is 42.5 Å². The fraction of sp³-hybridized carbons (Fsp3) is 0.143. The molecule has 0 saturated carbocycles. The Morgan fingerprint density at radius 1 is 0.867 bits per heavy atom. The molecule has 2 aromatic carbocycles. The quantitative estimate of drug-likeness (QED) is 0.590. The third-order valence-electron chi connectivity index (χ3n) is 2.85. The van der Waals surface area contributed by atoms with Crippen molar-refractivity contribution in [3.8, 4) is 11.1 Å². The molecule has 0 saturated heterocycles. The van der Waals surface area contributed by atoms with Gasteiger partial charge in [-0.25, -0.2) is 0 Å². The molecule has 0 aliphatic heterocycles. The summed E-state index contributed by atoms with van der Waals surface area (Å²) >= 11 is 1.52. The first-order valence-electron chi connectivity index (χ1n) is 4.78. The first kappa shape index (κ1) is 10.8. The second-order valence-corrected chi connectivity index (χ2v) is 4.99. The first-order valence-corrected chi connectivity index (χ1v) is 6.01. The molecular weight excluding hydrogens is 259 g/mol. The molecule has 3 rings (SSSR count). The summed E-state index contributed by atoms with van der Waals surface area (Å²) in [5.74, 6) is 0. The van der Waals surface area contributed by atoms with Crippen molar-refractivity contribution < 1.29 is 24.7 Å². The molecule has 73 valence electrons. The van der Waals surface area contributed by atoms with Crippen LogP contribution in [0.5, 0.6) is 0 Å². The molecule has 0 N–H and O–H groups in total. The molecule has 2 aromatic rings. The molecule has 1 aliphatic rings. The van der Waals surface area contributed by atoms with E-state index in [-0.39, 0.29) is 7.43 Å². The standard InChI is InChI=1S/C13H9.CH4.Zr/c1-3-7-12-10(5-1)9-11-6-2-4-8-13(11)12;;/h1-5,7-8H,9H2;1H4;. The monoisotopic (exact) mass is 271 g/mol. The van der Waals surface area contributed by atoms with E-state index in [2.05, 4.69) is 42.5 Å². The third kappa shape index (κ3) is 1.63. The zero-order valence-electron chi connectivity index (χ0n) is 7.75. The van der Waals surface area contributed by atoms with Crippen LogP contribution >= 0.6 is 0 Å². The summed E-state index contributed by atoms with van der Waals surface area (Å²) in [6.07, 6.45) is 1.13. The van der Waals surface area contributed by atoms with Crippen molar-refractivity contribution in [1.29, 1.82) is 0 Å². The van der Waals surface area contributed by atoms with Gasteiger partial charge in [0.05, 0.1) is 0 Å². The fourth-order valence-corrected chi connectivity index (χ4v) is 2.94. The summed E-state index contributed by atoms with van der Waals surface area (Å²) < 4.78 is 1.51. The van der Waals surface area contributed by atoms with Crippen molar-refractivity contribution in [3.05, 3.63) is 53.6 Å². The molecule has 0 atom stereocenters. The summed E-state index contributed by atoms with van der Waals surface area (Å²) in [6.45, 7) is 0. The van der Waals surface area contributed by atoms with Crippen LogP contribution in [0.25, 0.3) is 11.1 Å². The molecule has 1 heteroatoms. The van der Waals surface area contributed by atoms with Crippen LogP contribution in [-0.4, -0.2) is 0 Å². The average Bonchev–Trinajstić information content (AvgIpc) is 2.59. The number of hydrogen-bond donors (Lipinski definition) is 0. The van der Waals surface area contributed by atoms with Crippen LogP contribution in [0.1, 0.15) is 18.6 Å². The van der Waals surface area contributed by atoms with Crippen LogP contribution in [0.2, 0.25) is 0 Å². The predicted octanol–water partition coefficient (Wildman–Crippen LogP) is 3.07. The molecule has 0 amide bonds. The molecule has 0 nitrogen and oxygen atoms in total. The van der Waals surface area contributed by atoms with Gasteiger partial charge in [-0.3, -0.25) is 0 Å². The van der Waals surface area contributed by atoms with E-state index in [0.29, 0.717) is 0 Å². The Hall–Kier alpha value is -0.677. The zero-order chi connectivity index (χ0) is 9.54. The molecule has 0 radical (unpaired) electrons. The van der Waals surface area contributed by atoms with E-state index in [1.165, 1.54) is 44.7 Å². The van der Waals surface area contributed by atoms with Gasteiger partial charge in [0.25, 0.3) is 0 Å². The van der Waals surface area contributed by atoms with Gasteiger partial charge in [-0.2, -0.15) is 0 Å². The molecule has 0 bridgehead atoms. The van der Waals surface area contributed by atoms with E-state index >= 15 is 0 Å². The maximum atomic E-state index is 2.24. The van der Waals surface area contributed by atoms with Gasteiger partial charge in [0.1, 0.15) is 0 Å². The van der Waals surface area contributed by atoms with E-state index in [9.17, 15) is 0 Å². The predicted molar refractivity (Wildman–Crippen MR) is 61.0 cm³/mol. The van der Waals surface area contributed by atoms with Crippen LogP contribution in [0.4, 0.5) is 0 Å². The minimum absolute atomic E-state index is 0. The topological polar surface area (TPSA) is 0 Å². The summed E-state index contributed by atoms with van der Waals surface area (Å²) in [5, 5.41) is 0. The van der Waals surface area contributed by atoms with Crippen LogP contribution in [0.3, 0.4) is 0 Å². The molecule has 0 fully saturated rings. The Bertz CT molecular complexity index is 500. The number of rotatable bonds is 0. The molecule has 0 unspecified atom stereocenters. The van der Waals surface area contributed by atoms with Crippen molar-refractivity contribution in [2.24, 2.45) is 0 Å². The fourth-order valence-electron chi connectivity index (χ4n) is 2.16. The van der Waals surface area contributed by atoms with Gasteiger partial charge in [0, 0.05) is 0 Å². The van der Waals surface area contributed by atoms with Crippen molar-refractivity contribution >= 4 is 3.27 Å². The number of benzene rings is 2. The SMILES string of the molecule is C.[Zr][c]1cccc2c1Cc1ccccc1-2. The van der Waals surface area contributed by atoms with Crippen molar-refractivity contribution in [2.75, 3.05) is 0 Å². The minimum atomic E-state index is 0. The molecule has 15 heavy (non-hydrogen) atoms. The second-order valence-electron chi connectivity index (χ2n) is 3.67.